The van der Waals surface area contributed by atoms with E-state index in [4.69, 9.17) is 5.11 Å². The molecule has 3 rings (SSSR count). The number of hydrogen-bond acceptors (Lipinski definition) is 2. The van der Waals surface area contributed by atoms with E-state index in [0.717, 1.165) is 26.9 Å². The molecule has 106 valence electrons. The van der Waals surface area contributed by atoms with Gasteiger partial charge in [0.2, 0.25) is 0 Å². The largest absolute Gasteiger partial charge is 0.481 e. The zero-order valence-corrected chi connectivity index (χ0v) is 12.7. The van der Waals surface area contributed by atoms with Crippen molar-refractivity contribution in [3.05, 3.63) is 53.0 Å². The summed E-state index contributed by atoms with van der Waals surface area (Å²) < 4.78 is 2.96. The molecule has 1 heterocycles. The average molecular weight is 345 g/mol. The zero-order chi connectivity index (χ0) is 14.8. The normalized spacial score (nSPS) is 10.9. The maximum absolute atomic E-state index is 10.9. The molecule has 2 aromatic carbocycles. The van der Waals surface area contributed by atoms with Crippen LogP contribution in [0.4, 0.5) is 0 Å². The molecule has 0 spiro atoms. The monoisotopic (exact) mass is 344 g/mol. The van der Waals surface area contributed by atoms with Gasteiger partial charge in [0.25, 0.3) is 0 Å². The lowest BCUT2D eigenvalue weighted by Gasteiger charge is -2.08. The summed E-state index contributed by atoms with van der Waals surface area (Å²) in [7, 11) is 0. The van der Waals surface area contributed by atoms with E-state index in [2.05, 4.69) is 20.9 Å². The molecule has 3 aromatic rings. The average Bonchev–Trinajstić information content (AvgIpc) is 2.84. The van der Waals surface area contributed by atoms with Crippen molar-refractivity contribution in [1.82, 2.24) is 9.55 Å². The Morgan fingerprint density at radius 3 is 2.57 bits per heavy atom. The number of carbonyl (C=O) groups is 1. The fourth-order valence-corrected chi connectivity index (χ4v) is 2.59. The predicted octanol–water partition coefficient (Wildman–Crippen LogP) is 3.94. The number of aryl methyl sites for hydroxylation is 1. The van der Waals surface area contributed by atoms with Gasteiger partial charge in [0.1, 0.15) is 5.82 Å². The van der Waals surface area contributed by atoms with Crippen LogP contribution in [0.25, 0.3) is 22.4 Å². The minimum Gasteiger partial charge on any atom is -0.481 e. The molecule has 0 radical (unpaired) electrons. The standard InChI is InChI=1S/C16H13BrN2O2/c17-12-7-5-11(6-8-12)16-18-13-3-1-2-4-14(13)19(16)10-9-15(20)21/h1-8H,9-10H2,(H,20,21). The van der Waals surface area contributed by atoms with Crippen LogP contribution in [0.2, 0.25) is 0 Å². The summed E-state index contributed by atoms with van der Waals surface area (Å²) in [5, 5.41) is 8.94. The van der Waals surface area contributed by atoms with E-state index >= 15 is 0 Å². The van der Waals surface area contributed by atoms with E-state index in [9.17, 15) is 4.79 Å². The van der Waals surface area contributed by atoms with Crippen LogP contribution in [0, 0.1) is 0 Å². The molecular weight excluding hydrogens is 332 g/mol. The number of aliphatic carboxylic acids is 1. The first-order valence-corrected chi connectivity index (χ1v) is 7.37. The van der Waals surface area contributed by atoms with Crippen LogP contribution in [0.1, 0.15) is 6.42 Å². The smallest absolute Gasteiger partial charge is 0.305 e. The van der Waals surface area contributed by atoms with E-state index in [1.165, 1.54) is 0 Å². The first-order chi connectivity index (χ1) is 10.1. The van der Waals surface area contributed by atoms with Gasteiger partial charge in [0, 0.05) is 16.6 Å². The number of nitrogens with zero attached hydrogens (tertiary/aromatic N) is 2. The lowest BCUT2D eigenvalue weighted by molar-refractivity contribution is -0.137. The Labute approximate surface area is 130 Å². The molecule has 0 atom stereocenters. The molecular formula is C16H13BrN2O2. The summed E-state index contributed by atoms with van der Waals surface area (Å²) in [4.78, 5) is 15.5. The second-order valence-electron chi connectivity index (χ2n) is 4.73. The molecule has 5 heteroatoms. The van der Waals surface area contributed by atoms with Crippen LogP contribution < -0.4 is 0 Å². The van der Waals surface area contributed by atoms with E-state index < -0.39 is 5.97 Å². The number of carboxylic acid groups (broad SMARTS) is 1. The first-order valence-electron chi connectivity index (χ1n) is 6.58. The Bertz CT molecular complexity index is 794. The first kappa shape index (κ1) is 13.8. The van der Waals surface area contributed by atoms with Crippen molar-refractivity contribution >= 4 is 32.9 Å². The topological polar surface area (TPSA) is 55.1 Å². The van der Waals surface area contributed by atoms with Crippen molar-refractivity contribution in [2.75, 3.05) is 0 Å². The maximum Gasteiger partial charge on any atom is 0.305 e. The lowest BCUT2D eigenvalue weighted by atomic mass is 10.2. The third-order valence-electron chi connectivity index (χ3n) is 3.31. The molecule has 0 fully saturated rings. The maximum atomic E-state index is 10.9. The Hall–Kier alpha value is -2.14. The molecule has 0 saturated carbocycles. The summed E-state index contributed by atoms with van der Waals surface area (Å²) in [6, 6.07) is 15.6. The number of benzene rings is 2. The molecule has 21 heavy (non-hydrogen) atoms. The number of aromatic nitrogens is 2. The second kappa shape index (κ2) is 5.69. The molecule has 0 unspecified atom stereocenters. The highest BCUT2D eigenvalue weighted by atomic mass is 79.9. The summed E-state index contributed by atoms with van der Waals surface area (Å²) in [5.41, 5.74) is 2.80. The molecule has 1 N–H and O–H groups in total. The van der Waals surface area contributed by atoms with Gasteiger partial charge in [-0.15, -0.1) is 0 Å². The number of halogens is 1. The summed E-state index contributed by atoms with van der Waals surface area (Å²) in [6.45, 7) is 0.404. The Balaban J connectivity index is 2.13. The number of fused-ring (bicyclic) bond motifs is 1. The van der Waals surface area contributed by atoms with Crippen LogP contribution in [0.5, 0.6) is 0 Å². The SMILES string of the molecule is O=C(O)CCn1c(-c2ccc(Br)cc2)nc2ccccc21. The van der Waals surface area contributed by atoms with E-state index in [0.29, 0.717) is 6.54 Å². The molecule has 0 bridgehead atoms. The molecule has 0 aliphatic rings. The number of imidazole rings is 1. The fraction of sp³-hybridized carbons (Fsp3) is 0.125. The van der Waals surface area contributed by atoms with E-state index in [-0.39, 0.29) is 6.42 Å². The van der Waals surface area contributed by atoms with Crippen LogP contribution in [-0.2, 0) is 11.3 Å². The van der Waals surface area contributed by atoms with Gasteiger partial charge in [0.05, 0.1) is 17.5 Å². The number of rotatable bonds is 4. The third kappa shape index (κ3) is 2.83. The van der Waals surface area contributed by atoms with Gasteiger partial charge in [-0.2, -0.15) is 0 Å². The molecule has 1 aromatic heterocycles. The fourth-order valence-electron chi connectivity index (χ4n) is 2.33. The predicted molar refractivity (Wildman–Crippen MR) is 85.1 cm³/mol. The van der Waals surface area contributed by atoms with Crippen molar-refractivity contribution in [3.63, 3.8) is 0 Å². The number of hydrogen-bond donors (Lipinski definition) is 1. The van der Waals surface area contributed by atoms with Gasteiger partial charge in [-0.25, -0.2) is 4.98 Å². The highest BCUT2D eigenvalue weighted by molar-refractivity contribution is 9.10. The van der Waals surface area contributed by atoms with E-state index in [1.807, 2.05) is 53.1 Å². The lowest BCUT2D eigenvalue weighted by Crippen LogP contribution is -2.06. The van der Waals surface area contributed by atoms with Crippen molar-refractivity contribution < 1.29 is 9.90 Å². The molecule has 0 aliphatic carbocycles. The highest BCUT2D eigenvalue weighted by Crippen LogP contribution is 2.26. The van der Waals surface area contributed by atoms with Crippen LogP contribution in [0.3, 0.4) is 0 Å². The van der Waals surface area contributed by atoms with E-state index in [1.54, 1.807) is 0 Å². The molecule has 0 aliphatic heterocycles. The molecule has 0 amide bonds. The van der Waals surface area contributed by atoms with Crippen LogP contribution in [-0.4, -0.2) is 20.6 Å². The highest BCUT2D eigenvalue weighted by Gasteiger charge is 2.13. The van der Waals surface area contributed by atoms with Crippen LogP contribution in [0.15, 0.2) is 53.0 Å². The second-order valence-corrected chi connectivity index (χ2v) is 5.64. The molecule has 4 nitrogen and oxygen atoms in total. The quantitative estimate of drug-likeness (QED) is 0.779. The summed E-state index contributed by atoms with van der Waals surface area (Å²) in [6.07, 6.45) is 0.0733. The Morgan fingerprint density at radius 1 is 1.14 bits per heavy atom. The number of para-hydroxylation sites is 2. The Morgan fingerprint density at radius 2 is 1.86 bits per heavy atom. The van der Waals surface area contributed by atoms with Gasteiger partial charge < -0.3 is 9.67 Å². The van der Waals surface area contributed by atoms with Gasteiger partial charge in [-0.05, 0) is 24.3 Å². The van der Waals surface area contributed by atoms with Crippen molar-refractivity contribution in [2.45, 2.75) is 13.0 Å². The Kier molecular flexibility index (Phi) is 3.75. The summed E-state index contributed by atoms with van der Waals surface area (Å²) in [5.74, 6) is -0.0144. The van der Waals surface area contributed by atoms with Crippen molar-refractivity contribution in [1.29, 1.82) is 0 Å². The van der Waals surface area contributed by atoms with Crippen LogP contribution >= 0.6 is 15.9 Å². The molecule has 0 saturated heterocycles. The van der Waals surface area contributed by atoms with Gasteiger partial charge >= 0.3 is 5.97 Å². The zero-order valence-electron chi connectivity index (χ0n) is 11.2. The van der Waals surface area contributed by atoms with Crippen molar-refractivity contribution in [2.24, 2.45) is 0 Å². The third-order valence-corrected chi connectivity index (χ3v) is 3.83. The van der Waals surface area contributed by atoms with Gasteiger partial charge in [-0.1, -0.05) is 40.2 Å². The number of carboxylic acids is 1. The summed E-state index contributed by atoms with van der Waals surface area (Å²) >= 11 is 3.42. The minimum absolute atomic E-state index is 0.0733. The minimum atomic E-state index is -0.811. The van der Waals surface area contributed by atoms with Crippen molar-refractivity contribution in [3.8, 4) is 11.4 Å². The van der Waals surface area contributed by atoms with Gasteiger partial charge in [-0.3, -0.25) is 4.79 Å². The van der Waals surface area contributed by atoms with Gasteiger partial charge in [0.15, 0.2) is 0 Å².